The van der Waals surface area contributed by atoms with Crippen molar-refractivity contribution in [2.24, 2.45) is 0 Å². The first-order valence-corrected chi connectivity index (χ1v) is 10.4. The van der Waals surface area contributed by atoms with E-state index in [9.17, 15) is 4.79 Å². The van der Waals surface area contributed by atoms with E-state index in [1.807, 2.05) is 61.5 Å². The van der Waals surface area contributed by atoms with E-state index in [0.29, 0.717) is 40.0 Å². The summed E-state index contributed by atoms with van der Waals surface area (Å²) in [5, 5.41) is 4.38. The van der Waals surface area contributed by atoms with Crippen LogP contribution < -0.4 is 19.6 Å². The van der Waals surface area contributed by atoms with Crippen molar-refractivity contribution in [3.8, 4) is 22.9 Å². The largest absolute Gasteiger partial charge is 0.490 e. The van der Waals surface area contributed by atoms with Crippen molar-refractivity contribution < 1.29 is 9.47 Å². The lowest BCUT2D eigenvalue weighted by Gasteiger charge is -2.11. The molecule has 2 aromatic heterocycles. The average molecular weight is 407 g/mol. The van der Waals surface area contributed by atoms with Crippen LogP contribution in [0.25, 0.3) is 22.4 Å². The van der Waals surface area contributed by atoms with Gasteiger partial charge in [0, 0.05) is 5.56 Å². The third-order valence-corrected chi connectivity index (χ3v) is 5.20. The third-order valence-electron chi connectivity index (χ3n) is 4.24. The molecule has 148 valence electrons. The standard InChI is InChI=1S/C22H21N3O3S/c1-3-12-28-17-11-10-15(13-18(17)27-4-2)14-19-21(26)25-22(29-19)23-20(24-25)16-8-6-5-7-9-16/h5-11,13-14H,3-4,12H2,1-2H3/b19-14-. The monoisotopic (exact) mass is 407 g/mol. The number of ether oxygens (including phenoxy) is 2. The van der Waals surface area contributed by atoms with Crippen LogP contribution in [-0.2, 0) is 0 Å². The number of aromatic nitrogens is 3. The molecule has 0 saturated carbocycles. The summed E-state index contributed by atoms with van der Waals surface area (Å²) in [6.45, 7) is 5.16. The molecule has 0 saturated heterocycles. The SMILES string of the molecule is CCCOc1ccc(/C=c2\sc3nc(-c4ccccc4)nn3c2=O)cc1OCC. The predicted octanol–water partition coefficient (Wildman–Crippen LogP) is 3.55. The summed E-state index contributed by atoms with van der Waals surface area (Å²) in [5.41, 5.74) is 1.57. The second-order valence-corrected chi connectivity index (χ2v) is 7.41. The van der Waals surface area contributed by atoms with E-state index in [-0.39, 0.29) is 5.56 Å². The van der Waals surface area contributed by atoms with Crippen molar-refractivity contribution in [2.75, 3.05) is 13.2 Å². The highest BCUT2D eigenvalue weighted by Gasteiger charge is 2.12. The van der Waals surface area contributed by atoms with Crippen LogP contribution in [-0.4, -0.2) is 27.8 Å². The molecule has 7 heteroatoms. The Balaban J connectivity index is 1.71. The summed E-state index contributed by atoms with van der Waals surface area (Å²) in [6.07, 6.45) is 2.75. The van der Waals surface area contributed by atoms with Gasteiger partial charge in [-0.2, -0.15) is 9.50 Å². The van der Waals surface area contributed by atoms with Crippen LogP contribution in [0, 0.1) is 0 Å². The highest BCUT2D eigenvalue weighted by atomic mass is 32.1. The van der Waals surface area contributed by atoms with Crippen LogP contribution in [0.2, 0.25) is 0 Å². The Hall–Kier alpha value is -3.19. The van der Waals surface area contributed by atoms with Gasteiger partial charge in [-0.25, -0.2) is 0 Å². The summed E-state index contributed by atoms with van der Waals surface area (Å²) in [4.78, 5) is 17.9. The fourth-order valence-electron chi connectivity index (χ4n) is 2.91. The van der Waals surface area contributed by atoms with Gasteiger partial charge in [0.15, 0.2) is 17.3 Å². The lowest BCUT2D eigenvalue weighted by atomic mass is 10.2. The molecule has 4 rings (SSSR count). The maximum absolute atomic E-state index is 12.8. The fourth-order valence-corrected chi connectivity index (χ4v) is 3.82. The second-order valence-electron chi connectivity index (χ2n) is 6.40. The van der Waals surface area contributed by atoms with Crippen LogP contribution >= 0.6 is 11.3 Å². The quantitative estimate of drug-likeness (QED) is 0.469. The van der Waals surface area contributed by atoms with E-state index in [1.54, 1.807) is 0 Å². The molecule has 0 aliphatic heterocycles. The Bertz CT molecular complexity index is 1230. The molecular weight excluding hydrogens is 386 g/mol. The Morgan fingerprint density at radius 2 is 1.90 bits per heavy atom. The Kier molecular flexibility index (Phi) is 5.57. The van der Waals surface area contributed by atoms with Crippen molar-refractivity contribution in [1.82, 2.24) is 14.6 Å². The summed E-state index contributed by atoms with van der Waals surface area (Å²) < 4.78 is 13.4. The van der Waals surface area contributed by atoms with Crippen molar-refractivity contribution in [3.63, 3.8) is 0 Å². The first-order valence-electron chi connectivity index (χ1n) is 9.56. The van der Waals surface area contributed by atoms with Gasteiger partial charge >= 0.3 is 0 Å². The van der Waals surface area contributed by atoms with Gasteiger partial charge < -0.3 is 9.47 Å². The van der Waals surface area contributed by atoms with Gasteiger partial charge in [-0.15, -0.1) is 5.10 Å². The zero-order chi connectivity index (χ0) is 20.2. The Labute approximate surface area is 172 Å². The zero-order valence-electron chi connectivity index (χ0n) is 16.3. The molecule has 2 aromatic carbocycles. The minimum Gasteiger partial charge on any atom is -0.490 e. The number of hydrogen-bond acceptors (Lipinski definition) is 6. The van der Waals surface area contributed by atoms with Crippen molar-refractivity contribution in [1.29, 1.82) is 0 Å². The van der Waals surface area contributed by atoms with Crippen LogP contribution in [0.3, 0.4) is 0 Å². The predicted molar refractivity (Wildman–Crippen MR) is 115 cm³/mol. The normalized spacial score (nSPS) is 11.9. The molecule has 6 nitrogen and oxygen atoms in total. The van der Waals surface area contributed by atoms with Crippen LogP contribution in [0.5, 0.6) is 11.5 Å². The van der Waals surface area contributed by atoms with Gasteiger partial charge in [-0.3, -0.25) is 4.79 Å². The number of rotatable bonds is 7. The van der Waals surface area contributed by atoms with E-state index in [2.05, 4.69) is 17.0 Å². The first kappa shape index (κ1) is 19.1. The van der Waals surface area contributed by atoms with Crippen molar-refractivity contribution in [3.05, 3.63) is 69.0 Å². The number of thiazole rings is 1. The highest BCUT2D eigenvalue weighted by Crippen LogP contribution is 2.29. The van der Waals surface area contributed by atoms with E-state index in [4.69, 9.17) is 9.47 Å². The Morgan fingerprint density at radius 3 is 2.62 bits per heavy atom. The molecule has 4 aromatic rings. The molecule has 0 aliphatic carbocycles. The molecule has 0 atom stereocenters. The molecule has 0 amide bonds. The van der Waals surface area contributed by atoms with Crippen LogP contribution in [0.1, 0.15) is 25.8 Å². The number of fused-ring (bicyclic) bond motifs is 1. The smallest absolute Gasteiger partial charge is 0.291 e. The molecule has 0 bridgehead atoms. The van der Waals surface area contributed by atoms with E-state index in [1.165, 1.54) is 15.9 Å². The molecule has 0 N–H and O–H groups in total. The highest BCUT2D eigenvalue weighted by molar-refractivity contribution is 7.15. The second kappa shape index (κ2) is 8.45. The number of benzene rings is 2. The maximum atomic E-state index is 12.8. The molecule has 0 unspecified atom stereocenters. The number of nitrogens with zero attached hydrogens (tertiary/aromatic N) is 3. The lowest BCUT2D eigenvalue weighted by molar-refractivity contribution is 0.277. The van der Waals surface area contributed by atoms with Crippen LogP contribution in [0.4, 0.5) is 0 Å². The summed E-state index contributed by atoms with van der Waals surface area (Å²) in [6, 6.07) is 15.3. The molecule has 2 heterocycles. The van der Waals surface area contributed by atoms with Gasteiger partial charge in [0.2, 0.25) is 4.96 Å². The molecular formula is C22H21N3O3S. The molecule has 0 fully saturated rings. The number of hydrogen-bond donors (Lipinski definition) is 0. The van der Waals surface area contributed by atoms with Gasteiger partial charge in [-0.1, -0.05) is 54.7 Å². The van der Waals surface area contributed by atoms with Gasteiger partial charge in [-0.05, 0) is 37.1 Å². The van der Waals surface area contributed by atoms with Crippen molar-refractivity contribution in [2.45, 2.75) is 20.3 Å². The molecule has 0 radical (unpaired) electrons. The van der Waals surface area contributed by atoms with Gasteiger partial charge in [0.05, 0.1) is 17.7 Å². The van der Waals surface area contributed by atoms with E-state index < -0.39 is 0 Å². The van der Waals surface area contributed by atoms with Gasteiger partial charge in [0.1, 0.15) is 0 Å². The molecule has 29 heavy (non-hydrogen) atoms. The zero-order valence-corrected chi connectivity index (χ0v) is 17.1. The average Bonchev–Trinajstić information content (AvgIpc) is 3.28. The summed E-state index contributed by atoms with van der Waals surface area (Å²) in [5.74, 6) is 1.94. The fraction of sp³-hybridized carbons (Fsp3) is 0.227. The summed E-state index contributed by atoms with van der Waals surface area (Å²) >= 11 is 1.32. The van der Waals surface area contributed by atoms with Crippen LogP contribution in [0.15, 0.2) is 53.3 Å². The lowest BCUT2D eigenvalue weighted by Crippen LogP contribution is -2.23. The first-order chi connectivity index (χ1) is 14.2. The summed E-state index contributed by atoms with van der Waals surface area (Å²) in [7, 11) is 0. The minimum absolute atomic E-state index is 0.177. The van der Waals surface area contributed by atoms with E-state index in [0.717, 1.165) is 17.5 Å². The molecule has 0 spiro atoms. The minimum atomic E-state index is -0.177. The van der Waals surface area contributed by atoms with Crippen molar-refractivity contribution >= 4 is 22.4 Å². The third kappa shape index (κ3) is 4.00. The maximum Gasteiger partial charge on any atom is 0.291 e. The van der Waals surface area contributed by atoms with E-state index >= 15 is 0 Å². The molecule has 0 aliphatic rings. The van der Waals surface area contributed by atoms with Gasteiger partial charge in [0.25, 0.3) is 5.56 Å². The Morgan fingerprint density at radius 1 is 1.07 bits per heavy atom. The topological polar surface area (TPSA) is 65.7 Å².